The Balaban J connectivity index is 0.00000140. The van der Waals surface area contributed by atoms with Crippen LogP contribution in [0.5, 0.6) is 0 Å². The molecule has 0 aromatic heterocycles. The quantitative estimate of drug-likeness (QED) is 0.768. The third kappa shape index (κ3) is 6.35. The van der Waals surface area contributed by atoms with E-state index in [-0.39, 0.29) is 42.2 Å². The molecule has 0 saturated carbocycles. The molecule has 2 aromatic rings. The minimum Gasteiger partial charge on any atom is -0.412 e. The molecule has 2 aliphatic rings. The first kappa shape index (κ1) is 25.8. The van der Waals surface area contributed by atoms with Gasteiger partial charge in [-0.05, 0) is 36.7 Å². The van der Waals surface area contributed by atoms with Gasteiger partial charge in [0.2, 0.25) is 5.91 Å². The van der Waals surface area contributed by atoms with Crippen LogP contribution in [0.1, 0.15) is 17.2 Å². The van der Waals surface area contributed by atoms with Gasteiger partial charge in [0, 0.05) is 36.0 Å². The van der Waals surface area contributed by atoms with Crippen LogP contribution in [0.2, 0.25) is 0 Å². The maximum Gasteiger partial charge on any atom is 0.234 e. The molecule has 5 nitrogen and oxygen atoms in total. The van der Waals surface area contributed by atoms with Gasteiger partial charge in [0.15, 0.2) is 0 Å². The fourth-order valence-electron chi connectivity index (χ4n) is 3.66. The van der Waals surface area contributed by atoms with Crippen molar-refractivity contribution in [2.45, 2.75) is 22.3 Å². The van der Waals surface area contributed by atoms with Gasteiger partial charge in [-0.1, -0.05) is 48.2 Å². The molecule has 1 atom stereocenters. The Morgan fingerprint density at radius 1 is 1.00 bits per heavy atom. The van der Waals surface area contributed by atoms with Crippen LogP contribution in [0.4, 0.5) is 0 Å². The van der Waals surface area contributed by atoms with Gasteiger partial charge in [-0.2, -0.15) is 0 Å². The lowest BCUT2D eigenvalue weighted by molar-refractivity contribution is -0.123. The van der Waals surface area contributed by atoms with Crippen molar-refractivity contribution in [3.8, 4) is 0 Å². The number of rotatable bonds is 3. The average Bonchev–Trinajstić information content (AvgIpc) is 2.80. The van der Waals surface area contributed by atoms with Crippen molar-refractivity contribution in [1.82, 2.24) is 15.1 Å². The van der Waals surface area contributed by atoms with Gasteiger partial charge < -0.3 is 15.7 Å². The topological polar surface area (TPSA) is 67.1 Å². The Kier molecular flexibility index (Phi) is 10.5. The van der Waals surface area contributed by atoms with Crippen LogP contribution in [0, 0.1) is 0 Å². The average molecular weight is 458 g/mol. The van der Waals surface area contributed by atoms with Gasteiger partial charge in [0.05, 0.1) is 12.6 Å². The number of nitrogens with one attached hydrogen (secondary N) is 1. The molecule has 1 amide bonds. The summed E-state index contributed by atoms with van der Waals surface area (Å²) in [5.41, 5.74) is 2.53. The predicted octanol–water partition coefficient (Wildman–Crippen LogP) is 2.82. The molecule has 0 spiro atoms. The number of amides is 1. The Bertz CT molecular complexity index is 801. The summed E-state index contributed by atoms with van der Waals surface area (Å²) in [6, 6.07) is 17.0. The first-order valence-corrected chi connectivity index (χ1v) is 10.1. The summed E-state index contributed by atoms with van der Waals surface area (Å²) in [6.45, 7) is 4.47. The number of hydrogen-bond acceptors (Lipinski definition) is 4. The summed E-state index contributed by atoms with van der Waals surface area (Å²) in [5.74, 6) is 0.124. The largest absolute Gasteiger partial charge is 0.412 e. The molecule has 0 radical (unpaired) electrons. The van der Waals surface area contributed by atoms with E-state index in [1.165, 1.54) is 20.9 Å². The van der Waals surface area contributed by atoms with Gasteiger partial charge >= 0.3 is 0 Å². The van der Waals surface area contributed by atoms with Crippen molar-refractivity contribution in [3.05, 3.63) is 59.7 Å². The maximum atomic E-state index is 12.7. The van der Waals surface area contributed by atoms with Crippen LogP contribution in [0.25, 0.3) is 0 Å². The van der Waals surface area contributed by atoms with Crippen molar-refractivity contribution in [2.75, 3.05) is 39.8 Å². The third-order valence-corrected chi connectivity index (χ3v) is 6.42. The molecule has 0 bridgehead atoms. The third-order valence-electron chi connectivity index (χ3n) is 5.21. The molecule has 2 aliphatic heterocycles. The second-order valence-corrected chi connectivity index (χ2v) is 8.24. The minimum atomic E-state index is 0. The summed E-state index contributed by atoms with van der Waals surface area (Å²) in [6.07, 6.45) is 0.842. The standard InChI is InChI=1S/C21H25N3OS.2ClH.H2O/c1-23-10-12-24(13-11-23)15-21(25)22-18-14-16-6-2-4-8-19(16)26-20-9-5-3-7-17(18)20;;;/h2-9,18H,10-15H2,1H3,(H,22,25);2*1H;1H2. The smallest absolute Gasteiger partial charge is 0.234 e. The number of nitrogens with zero attached hydrogens (tertiary/aromatic N) is 2. The number of piperazine rings is 1. The van der Waals surface area contributed by atoms with E-state index in [4.69, 9.17) is 0 Å². The second-order valence-electron chi connectivity index (χ2n) is 7.15. The summed E-state index contributed by atoms with van der Waals surface area (Å²) in [5, 5.41) is 3.31. The Labute approximate surface area is 189 Å². The van der Waals surface area contributed by atoms with Crippen LogP contribution in [-0.2, 0) is 11.2 Å². The second kappa shape index (κ2) is 11.8. The number of fused-ring (bicyclic) bond motifs is 2. The molecule has 2 aromatic carbocycles. The number of benzene rings is 2. The minimum absolute atomic E-state index is 0. The number of carbonyl (C=O) groups is 1. The highest BCUT2D eigenvalue weighted by Crippen LogP contribution is 2.40. The van der Waals surface area contributed by atoms with Crippen molar-refractivity contribution in [2.24, 2.45) is 0 Å². The van der Waals surface area contributed by atoms with E-state index in [0.29, 0.717) is 6.54 Å². The van der Waals surface area contributed by atoms with Crippen LogP contribution in [0.15, 0.2) is 58.3 Å². The SMILES string of the molecule is CN1CCN(CC(=O)NC2Cc3ccccc3Sc3ccccc32)CC1.Cl.Cl.O. The van der Waals surface area contributed by atoms with E-state index in [1.807, 2.05) is 0 Å². The Morgan fingerprint density at radius 3 is 2.34 bits per heavy atom. The van der Waals surface area contributed by atoms with Gasteiger partial charge in [-0.15, -0.1) is 24.8 Å². The molecule has 1 unspecified atom stereocenters. The van der Waals surface area contributed by atoms with Gasteiger partial charge in [-0.25, -0.2) is 0 Å². The highest BCUT2D eigenvalue weighted by molar-refractivity contribution is 7.99. The summed E-state index contributed by atoms with van der Waals surface area (Å²) in [7, 11) is 2.13. The van der Waals surface area contributed by atoms with Crippen molar-refractivity contribution in [3.63, 3.8) is 0 Å². The monoisotopic (exact) mass is 457 g/mol. The van der Waals surface area contributed by atoms with Gasteiger partial charge in [0.25, 0.3) is 0 Å². The van der Waals surface area contributed by atoms with E-state index in [1.54, 1.807) is 11.8 Å². The molecule has 1 saturated heterocycles. The lowest BCUT2D eigenvalue weighted by atomic mass is 9.99. The number of halogens is 2. The van der Waals surface area contributed by atoms with Gasteiger partial charge in [-0.3, -0.25) is 9.69 Å². The summed E-state index contributed by atoms with van der Waals surface area (Å²) >= 11 is 1.80. The van der Waals surface area contributed by atoms with E-state index in [0.717, 1.165) is 32.6 Å². The van der Waals surface area contributed by atoms with Crippen LogP contribution in [-0.4, -0.2) is 61.0 Å². The molecular weight excluding hydrogens is 429 g/mol. The summed E-state index contributed by atoms with van der Waals surface area (Å²) in [4.78, 5) is 19.8. The number of likely N-dealkylation sites (N-methyl/N-ethyl adjacent to an activating group) is 1. The highest BCUT2D eigenvalue weighted by atomic mass is 35.5. The molecular formula is C21H29Cl2N3O2S. The summed E-state index contributed by atoms with van der Waals surface area (Å²) < 4.78 is 0. The van der Waals surface area contributed by atoms with Crippen molar-refractivity contribution >= 4 is 42.5 Å². The lowest BCUT2D eigenvalue weighted by Crippen LogP contribution is -2.48. The first-order chi connectivity index (χ1) is 12.7. The molecule has 0 aliphatic carbocycles. The molecule has 8 heteroatoms. The van der Waals surface area contributed by atoms with E-state index < -0.39 is 0 Å². The van der Waals surface area contributed by atoms with Crippen molar-refractivity contribution < 1.29 is 10.3 Å². The van der Waals surface area contributed by atoms with Crippen LogP contribution in [0.3, 0.4) is 0 Å². The zero-order valence-electron chi connectivity index (χ0n) is 16.5. The molecule has 2 heterocycles. The normalized spacial score (nSPS) is 18.6. The molecule has 1 fully saturated rings. The number of hydrogen-bond donors (Lipinski definition) is 1. The molecule has 3 N–H and O–H groups in total. The van der Waals surface area contributed by atoms with Crippen LogP contribution >= 0.6 is 36.6 Å². The first-order valence-electron chi connectivity index (χ1n) is 9.24. The highest BCUT2D eigenvalue weighted by Gasteiger charge is 2.25. The van der Waals surface area contributed by atoms with E-state index in [9.17, 15) is 4.79 Å². The van der Waals surface area contributed by atoms with Crippen molar-refractivity contribution in [1.29, 1.82) is 0 Å². The predicted molar refractivity (Wildman–Crippen MR) is 124 cm³/mol. The molecule has 29 heavy (non-hydrogen) atoms. The van der Waals surface area contributed by atoms with Crippen LogP contribution < -0.4 is 5.32 Å². The number of carbonyl (C=O) groups excluding carboxylic acids is 1. The van der Waals surface area contributed by atoms with Gasteiger partial charge in [0.1, 0.15) is 0 Å². The Hall–Kier alpha value is -1.28. The fourth-order valence-corrected chi connectivity index (χ4v) is 4.80. The molecule has 4 rings (SSSR count). The molecule has 160 valence electrons. The lowest BCUT2D eigenvalue weighted by Gasteiger charge is -2.32. The fraction of sp³-hybridized carbons (Fsp3) is 0.381. The van der Waals surface area contributed by atoms with E-state index >= 15 is 0 Å². The van der Waals surface area contributed by atoms with E-state index in [2.05, 4.69) is 70.7 Å². The zero-order chi connectivity index (χ0) is 17.9. The zero-order valence-corrected chi connectivity index (χ0v) is 18.9. The maximum absolute atomic E-state index is 12.7. The Morgan fingerprint density at radius 2 is 1.62 bits per heavy atom.